The first-order chi connectivity index (χ1) is 29.7. The normalized spacial score (nSPS) is 20.0. The Morgan fingerprint density at radius 1 is 0.887 bits per heavy atom. The molecule has 5 atom stereocenters. The van der Waals surface area contributed by atoms with Gasteiger partial charge in [0.05, 0.1) is 27.4 Å². The van der Waals surface area contributed by atoms with Crippen molar-refractivity contribution in [2.75, 3.05) is 38.5 Å². The molecule has 1 fully saturated rings. The first kappa shape index (κ1) is 46.7. The van der Waals surface area contributed by atoms with Gasteiger partial charge >= 0.3 is 13.4 Å². The van der Waals surface area contributed by atoms with E-state index in [0.29, 0.717) is 17.9 Å². The second-order valence-corrected chi connectivity index (χ2v) is 18.6. The fourth-order valence-corrected chi connectivity index (χ4v) is 9.35. The number of hydrogen-bond acceptors (Lipinski definition) is 13. The molecule has 330 valence electrons. The van der Waals surface area contributed by atoms with Crippen LogP contribution in [0.25, 0.3) is 0 Å². The highest BCUT2D eigenvalue weighted by Gasteiger charge is 2.54. The lowest BCUT2D eigenvalue weighted by molar-refractivity contribution is -0.118. The molecule has 1 aromatic heterocycles. The van der Waals surface area contributed by atoms with Gasteiger partial charge in [-0.3, -0.25) is 18.4 Å². The van der Waals surface area contributed by atoms with Crippen LogP contribution in [0.2, 0.25) is 0 Å². The van der Waals surface area contributed by atoms with Crippen LogP contribution >= 0.6 is 19.5 Å². The molecule has 0 radical (unpaired) electrons. The predicted molar refractivity (Wildman–Crippen MR) is 239 cm³/mol. The lowest BCUT2D eigenvalue weighted by Gasteiger charge is -2.37. The van der Waals surface area contributed by atoms with E-state index >= 15 is 0 Å². The summed E-state index contributed by atoms with van der Waals surface area (Å²) >= 11 is 1.09. The Balaban J connectivity index is 1.24. The van der Waals surface area contributed by atoms with Gasteiger partial charge in [-0.2, -0.15) is 4.98 Å². The number of hydrogen-bond donors (Lipinski definition) is 4. The molecular weight excluding hydrogens is 832 g/mol. The third kappa shape index (κ3) is 10.5. The van der Waals surface area contributed by atoms with Crippen LogP contribution in [0, 0.1) is 5.41 Å². The SMILES string of the molecule is CCC(C)(C)C(=O)SCCOP(=O)(NCc1ccccc1)OCC1O[C@@H](n2ccc(NC(c3ccccc3)(c3ccc(OC)cc3)c3ccc(OC)cc3)nc2=O)[C@](C)(O)[C@@H]1O. The number of rotatable bonds is 20. The van der Waals surface area contributed by atoms with Crippen molar-refractivity contribution in [2.45, 2.75) is 70.2 Å². The summed E-state index contributed by atoms with van der Waals surface area (Å²) in [6, 6.07) is 35.7. The van der Waals surface area contributed by atoms with Gasteiger partial charge in [-0.15, -0.1) is 0 Å². The molecule has 0 aliphatic carbocycles. The summed E-state index contributed by atoms with van der Waals surface area (Å²) in [6.45, 7) is 6.59. The van der Waals surface area contributed by atoms with Crippen molar-refractivity contribution in [1.82, 2.24) is 14.6 Å². The molecule has 4 aromatic carbocycles. The smallest absolute Gasteiger partial charge is 0.405 e. The van der Waals surface area contributed by atoms with Crippen molar-refractivity contribution in [1.29, 1.82) is 0 Å². The van der Waals surface area contributed by atoms with Crippen molar-refractivity contribution in [3.63, 3.8) is 0 Å². The zero-order valence-electron chi connectivity index (χ0n) is 35.7. The number of aromatic nitrogens is 2. The molecule has 0 amide bonds. The molecule has 0 spiro atoms. The van der Waals surface area contributed by atoms with E-state index in [1.54, 1.807) is 20.3 Å². The zero-order chi connectivity index (χ0) is 44.5. The molecular formula is C46H55N4O10PS. The number of methoxy groups -OCH3 is 2. The maximum absolute atomic E-state index is 14.1. The van der Waals surface area contributed by atoms with Crippen LogP contribution in [-0.4, -0.2) is 75.9 Å². The van der Waals surface area contributed by atoms with Crippen LogP contribution in [0.5, 0.6) is 11.5 Å². The first-order valence-electron chi connectivity index (χ1n) is 20.3. The summed E-state index contributed by atoms with van der Waals surface area (Å²) in [5, 5.41) is 29.4. The molecule has 4 N–H and O–H groups in total. The van der Waals surface area contributed by atoms with Crippen LogP contribution in [0.1, 0.15) is 62.6 Å². The maximum Gasteiger partial charge on any atom is 0.405 e. The summed E-state index contributed by atoms with van der Waals surface area (Å²) in [4.78, 5) is 31.1. The molecule has 0 bridgehead atoms. The van der Waals surface area contributed by atoms with Crippen molar-refractivity contribution in [3.05, 3.63) is 154 Å². The molecule has 1 saturated heterocycles. The summed E-state index contributed by atoms with van der Waals surface area (Å²) in [5.74, 6) is 1.77. The van der Waals surface area contributed by atoms with Gasteiger partial charge in [0, 0.05) is 23.9 Å². The van der Waals surface area contributed by atoms with Crippen LogP contribution in [0.3, 0.4) is 0 Å². The van der Waals surface area contributed by atoms with Gasteiger partial charge in [-0.05, 0) is 65.9 Å². The van der Waals surface area contributed by atoms with Gasteiger partial charge in [0.2, 0.25) is 0 Å². The maximum atomic E-state index is 14.1. The highest BCUT2D eigenvalue weighted by Crippen LogP contribution is 2.47. The standard InChI is InChI=1S/C46H55N4O10PS/c1-7-44(2,3)42(52)62-29-28-58-61(55,47-30-32-14-10-8-11-15-32)59-31-38-40(51)45(4,54)41(60-38)50-27-26-39(48-43(50)53)49-46(33-16-12-9-13-17-33,34-18-22-36(56-5)23-19-34)35-20-24-37(57-6)25-21-35/h8-27,38,40-41,51,54H,7,28-31H2,1-6H3,(H,47,55)(H,48,49,53)/t38?,40-,41-,45-,61?/m1/s1. The Labute approximate surface area is 366 Å². The van der Waals surface area contributed by atoms with Crippen LogP contribution < -0.4 is 25.6 Å². The number of benzene rings is 4. The van der Waals surface area contributed by atoms with Crippen LogP contribution in [0.4, 0.5) is 5.82 Å². The molecule has 62 heavy (non-hydrogen) atoms. The average Bonchev–Trinajstić information content (AvgIpc) is 3.52. The molecule has 16 heteroatoms. The van der Waals surface area contributed by atoms with Crippen molar-refractivity contribution < 1.29 is 42.8 Å². The minimum absolute atomic E-state index is 0.00844. The molecule has 1 aliphatic rings. The number of ether oxygens (including phenoxy) is 3. The summed E-state index contributed by atoms with van der Waals surface area (Å²) in [5.41, 5.74) is -1.09. The third-order valence-corrected chi connectivity index (χ3v) is 13.9. The van der Waals surface area contributed by atoms with E-state index in [2.05, 4.69) is 15.4 Å². The quantitative estimate of drug-likeness (QED) is 0.0348. The number of carbonyl (C=O) groups excluding carboxylic acids is 1. The van der Waals surface area contributed by atoms with Crippen molar-refractivity contribution in [2.24, 2.45) is 5.41 Å². The number of nitrogens with one attached hydrogen (secondary N) is 2. The second kappa shape index (κ2) is 20.1. The van der Waals surface area contributed by atoms with Gasteiger partial charge < -0.3 is 29.7 Å². The van der Waals surface area contributed by atoms with Gasteiger partial charge in [0.1, 0.15) is 40.7 Å². The minimum atomic E-state index is -4.08. The number of aliphatic hydroxyl groups excluding tert-OH is 1. The van der Waals surface area contributed by atoms with Crippen LogP contribution in [-0.2, 0) is 35.2 Å². The first-order valence-corrected chi connectivity index (χ1v) is 22.8. The number of carbonyl (C=O) groups is 1. The molecule has 1 aliphatic heterocycles. The summed E-state index contributed by atoms with van der Waals surface area (Å²) in [7, 11) is -0.885. The lowest BCUT2D eigenvalue weighted by Crippen LogP contribution is -2.46. The highest BCUT2D eigenvalue weighted by molar-refractivity contribution is 8.13. The Morgan fingerprint density at radius 2 is 1.45 bits per heavy atom. The molecule has 2 unspecified atom stereocenters. The van der Waals surface area contributed by atoms with E-state index < -0.39 is 55.0 Å². The van der Waals surface area contributed by atoms with Gasteiger partial charge in [0.15, 0.2) is 11.3 Å². The molecule has 2 heterocycles. The van der Waals surface area contributed by atoms with E-state index in [0.717, 1.165) is 38.6 Å². The molecule has 6 rings (SSSR count). The monoisotopic (exact) mass is 886 g/mol. The Morgan fingerprint density at radius 3 is 2.00 bits per heavy atom. The summed E-state index contributed by atoms with van der Waals surface area (Å²) < 4.78 is 43.8. The topological polar surface area (TPSA) is 180 Å². The Hall–Kier alpha value is -4.83. The summed E-state index contributed by atoms with van der Waals surface area (Å²) in [6.07, 6.45) is -2.14. The number of aliphatic hydroxyl groups is 2. The second-order valence-electron chi connectivity index (χ2n) is 15.7. The van der Waals surface area contributed by atoms with Gasteiger partial charge in [0.25, 0.3) is 0 Å². The fraction of sp³-hybridized carbons (Fsp3) is 0.370. The van der Waals surface area contributed by atoms with E-state index in [4.69, 9.17) is 23.3 Å². The third-order valence-electron chi connectivity index (χ3n) is 11.1. The molecule has 0 saturated carbocycles. The number of thioether (sulfide) groups is 1. The lowest BCUT2D eigenvalue weighted by atomic mass is 9.77. The average molecular weight is 887 g/mol. The minimum Gasteiger partial charge on any atom is -0.497 e. The number of nitrogens with zero attached hydrogens (tertiary/aromatic N) is 2. The zero-order valence-corrected chi connectivity index (χ0v) is 37.4. The van der Waals surface area contributed by atoms with Gasteiger partial charge in [-0.1, -0.05) is 117 Å². The van der Waals surface area contributed by atoms with E-state index in [1.807, 2.05) is 130 Å². The van der Waals surface area contributed by atoms with E-state index in [9.17, 15) is 24.4 Å². The molecule has 14 nitrogen and oxygen atoms in total. The molecule has 5 aromatic rings. The largest absolute Gasteiger partial charge is 0.497 e. The van der Waals surface area contributed by atoms with Crippen molar-refractivity contribution in [3.8, 4) is 11.5 Å². The predicted octanol–water partition coefficient (Wildman–Crippen LogP) is 7.30. The van der Waals surface area contributed by atoms with Crippen molar-refractivity contribution >= 4 is 30.4 Å². The van der Waals surface area contributed by atoms with Crippen LogP contribution in [0.15, 0.2) is 126 Å². The fourth-order valence-electron chi connectivity index (χ4n) is 7.03. The Bertz CT molecular complexity index is 2300. The Kier molecular flexibility index (Phi) is 15.1. The highest BCUT2D eigenvalue weighted by atomic mass is 32.2. The van der Waals surface area contributed by atoms with Gasteiger partial charge in [-0.25, -0.2) is 14.4 Å². The van der Waals surface area contributed by atoms with E-state index in [1.165, 1.54) is 13.1 Å². The van der Waals surface area contributed by atoms with E-state index in [-0.39, 0.29) is 29.8 Å². The number of anilines is 1.